The molecule has 0 saturated carbocycles. The molecule has 5 heteroatoms. The van der Waals surface area contributed by atoms with Crippen LogP contribution < -0.4 is 16.6 Å². The van der Waals surface area contributed by atoms with Gasteiger partial charge in [-0.2, -0.15) is 0 Å². The van der Waals surface area contributed by atoms with Crippen molar-refractivity contribution in [2.24, 2.45) is 5.84 Å². The van der Waals surface area contributed by atoms with E-state index in [0.29, 0.717) is 12.4 Å². The van der Waals surface area contributed by atoms with E-state index in [0.717, 1.165) is 5.69 Å². The molecule has 0 spiro atoms. The summed E-state index contributed by atoms with van der Waals surface area (Å²) in [5.74, 6) is 5.91. The van der Waals surface area contributed by atoms with E-state index in [1.165, 1.54) is 0 Å². The first-order valence-corrected chi connectivity index (χ1v) is 4.77. The quantitative estimate of drug-likeness (QED) is 0.503. The van der Waals surface area contributed by atoms with Crippen LogP contribution in [-0.4, -0.2) is 24.2 Å². The average Bonchev–Trinajstić information content (AvgIpc) is 2.17. The van der Waals surface area contributed by atoms with Crippen LogP contribution in [0.25, 0.3) is 0 Å². The van der Waals surface area contributed by atoms with E-state index in [4.69, 9.17) is 10.6 Å². The molecule has 0 saturated heterocycles. The number of nitrogens with zero attached hydrogens (tertiary/aromatic N) is 1. The third-order valence-electron chi connectivity index (χ3n) is 1.90. The Bertz CT molecular complexity index is 314. The van der Waals surface area contributed by atoms with Crippen molar-refractivity contribution < 1.29 is 4.74 Å². The molecule has 0 radical (unpaired) electrons. The van der Waals surface area contributed by atoms with Gasteiger partial charge in [0.1, 0.15) is 5.82 Å². The highest BCUT2D eigenvalue weighted by Gasteiger charge is 2.16. The summed E-state index contributed by atoms with van der Waals surface area (Å²) in [7, 11) is 1.68. The van der Waals surface area contributed by atoms with Crippen molar-refractivity contribution in [3.05, 3.63) is 18.3 Å². The van der Waals surface area contributed by atoms with Crippen molar-refractivity contribution in [2.45, 2.75) is 19.4 Å². The van der Waals surface area contributed by atoms with E-state index in [-0.39, 0.29) is 5.54 Å². The predicted molar refractivity (Wildman–Crippen MR) is 61.6 cm³/mol. The topological polar surface area (TPSA) is 72.2 Å². The molecule has 0 fully saturated rings. The molecule has 0 amide bonds. The number of nitrogen functional groups attached to an aromatic ring is 1. The standard InChI is InChI=1S/C10H18N4O/c1-10(2,7-15-3)13-8-4-5-12-9(6-8)14-11/h4-6H,7,11H2,1-3H3,(H2,12,13,14). The first kappa shape index (κ1) is 11.7. The molecule has 0 aliphatic heterocycles. The molecule has 1 aromatic heterocycles. The number of hydrogen-bond acceptors (Lipinski definition) is 5. The van der Waals surface area contributed by atoms with Crippen LogP contribution in [0.5, 0.6) is 0 Å². The van der Waals surface area contributed by atoms with Crippen molar-refractivity contribution in [1.82, 2.24) is 4.98 Å². The summed E-state index contributed by atoms with van der Waals surface area (Å²) in [6.45, 7) is 4.75. The molecule has 0 bridgehead atoms. The summed E-state index contributed by atoms with van der Waals surface area (Å²) < 4.78 is 5.12. The van der Waals surface area contributed by atoms with Gasteiger partial charge in [-0.1, -0.05) is 0 Å². The molecule has 5 nitrogen and oxygen atoms in total. The Morgan fingerprint density at radius 3 is 2.87 bits per heavy atom. The minimum Gasteiger partial charge on any atom is -0.382 e. The van der Waals surface area contributed by atoms with E-state index < -0.39 is 0 Å². The largest absolute Gasteiger partial charge is 0.382 e. The van der Waals surface area contributed by atoms with Gasteiger partial charge in [0.2, 0.25) is 0 Å². The SMILES string of the molecule is COCC(C)(C)Nc1ccnc(NN)c1. The molecule has 84 valence electrons. The van der Waals surface area contributed by atoms with Gasteiger partial charge >= 0.3 is 0 Å². The minimum absolute atomic E-state index is 0.123. The summed E-state index contributed by atoms with van der Waals surface area (Å²) in [4.78, 5) is 4.03. The molecule has 0 aromatic carbocycles. The van der Waals surface area contributed by atoms with Crippen LogP contribution in [0.2, 0.25) is 0 Å². The van der Waals surface area contributed by atoms with E-state index in [9.17, 15) is 0 Å². The fourth-order valence-corrected chi connectivity index (χ4v) is 1.37. The van der Waals surface area contributed by atoms with Gasteiger partial charge in [0, 0.05) is 25.1 Å². The van der Waals surface area contributed by atoms with Crippen LogP contribution in [0, 0.1) is 0 Å². The van der Waals surface area contributed by atoms with Crippen LogP contribution in [0.15, 0.2) is 18.3 Å². The molecule has 1 heterocycles. The Kier molecular flexibility index (Phi) is 3.88. The Morgan fingerprint density at radius 2 is 2.27 bits per heavy atom. The van der Waals surface area contributed by atoms with Gasteiger partial charge in [-0.15, -0.1) is 0 Å². The summed E-state index contributed by atoms with van der Waals surface area (Å²) >= 11 is 0. The lowest BCUT2D eigenvalue weighted by Crippen LogP contribution is -2.35. The van der Waals surface area contributed by atoms with Crippen LogP contribution in [0.4, 0.5) is 11.5 Å². The Hall–Kier alpha value is -1.33. The van der Waals surface area contributed by atoms with Crippen LogP contribution >= 0.6 is 0 Å². The molecule has 1 aromatic rings. The normalized spacial score (nSPS) is 11.2. The smallest absolute Gasteiger partial charge is 0.141 e. The maximum absolute atomic E-state index is 5.28. The molecular formula is C10H18N4O. The van der Waals surface area contributed by atoms with Crippen LogP contribution in [0.1, 0.15) is 13.8 Å². The fraction of sp³-hybridized carbons (Fsp3) is 0.500. The molecule has 0 aliphatic rings. The molecule has 4 N–H and O–H groups in total. The maximum Gasteiger partial charge on any atom is 0.141 e. The number of rotatable bonds is 5. The van der Waals surface area contributed by atoms with Crippen molar-refractivity contribution in [3.8, 4) is 0 Å². The molecule has 0 atom stereocenters. The maximum atomic E-state index is 5.28. The van der Waals surface area contributed by atoms with Gasteiger partial charge in [0.05, 0.1) is 12.1 Å². The van der Waals surface area contributed by atoms with E-state index in [1.54, 1.807) is 13.3 Å². The number of anilines is 2. The number of nitrogens with one attached hydrogen (secondary N) is 2. The third-order valence-corrected chi connectivity index (χ3v) is 1.90. The molecule has 0 unspecified atom stereocenters. The molecule has 15 heavy (non-hydrogen) atoms. The van der Waals surface area contributed by atoms with Crippen molar-refractivity contribution in [2.75, 3.05) is 24.5 Å². The second-order valence-electron chi connectivity index (χ2n) is 4.02. The number of hydrogen-bond donors (Lipinski definition) is 3. The summed E-state index contributed by atoms with van der Waals surface area (Å²) in [5, 5.41) is 3.33. The highest BCUT2D eigenvalue weighted by Crippen LogP contribution is 2.17. The Labute approximate surface area is 90.0 Å². The van der Waals surface area contributed by atoms with Gasteiger partial charge in [-0.3, -0.25) is 0 Å². The minimum atomic E-state index is -0.123. The van der Waals surface area contributed by atoms with Crippen molar-refractivity contribution >= 4 is 11.5 Å². The monoisotopic (exact) mass is 210 g/mol. The van der Waals surface area contributed by atoms with E-state index >= 15 is 0 Å². The molecule has 1 rings (SSSR count). The van der Waals surface area contributed by atoms with E-state index in [1.807, 2.05) is 12.1 Å². The second kappa shape index (κ2) is 4.95. The predicted octanol–water partition coefficient (Wildman–Crippen LogP) is 1.20. The molecular weight excluding hydrogens is 192 g/mol. The highest BCUT2D eigenvalue weighted by molar-refractivity contribution is 5.52. The zero-order valence-corrected chi connectivity index (χ0v) is 9.37. The molecule has 0 aliphatic carbocycles. The zero-order chi connectivity index (χ0) is 11.3. The van der Waals surface area contributed by atoms with Gasteiger partial charge in [0.15, 0.2) is 0 Å². The lowest BCUT2D eigenvalue weighted by atomic mass is 10.1. The summed E-state index contributed by atoms with van der Waals surface area (Å²) in [5.41, 5.74) is 3.34. The Balaban J connectivity index is 2.71. The van der Waals surface area contributed by atoms with Crippen molar-refractivity contribution in [3.63, 3.8) is 0 Å². The third kappa shape index (κ3) is 3.73. The lowest BCUT2D eigenvalue weighted by Gasteiger charge is -2.26. The number of aromatic nitrogens is 1. The number of methoxy groups -OCH3 is 1. The van der Waals surface area contributed by atoms with Crippen molar-refractivity contribution in [1.29, 1.82) is 0 Å². The average molecular weight is 210 g/mol. The zero-order valence-electron chi connectivity index (χ0n) is 9.37. The van der Waals surface area contributed by atoms with Crippen LogP contribution in [0.3, 0.4) is 0 Å². The first-order chi connectivity index (χ1) is 7.07. The van der Waals surface area contributed by atoms with Gasteiger partial charge in [-0.05, 0) is 19.9 Å². The van der Waals surface area contributed by atoms with Gasteiger partial charge in [0.25, 0.3) is 0 Å². The van der Waals surface area contributed by atoms with Gasteiger partial charge < -0.3 is 15.5 Å². The van der Waals surface area contributed by atoms with Gasteiger partial charge in [-0.25, -0.2) is 10.8 Å². The number of hydrazine groups is 1. The highest BCUT2D eigenvalue weighted by atomic mass is 16.5. The Morgan fingerprint density at radius 1 is 1.53 bits per heavy atom. The summed E-state index contributed by atoms with van der Waals surface area (Å²) in [6, 6.07) is 3.73. The fourth-order valence-electron chi connectivity index (χ4n) is 1.37. The van der Waals surface area contributed by atoms with Crippen LogP contribution in [-0.2, 0) is 4.74 Å². The van der Waals surface area contributed by atoms with E-state index in [2.05, 4.69) is 29.6 Å². The number of ether oxygens (including phenoxy) is 1. The second-order valence-corrected chi connectivity index (χ2v) is 4.02. The summed E-state index contributed by atoms with van der Waals surface area (Å²) in [6.07, 6.45) is 1.69. The number of pyridine rings is 1. The number of nitrogens with two attached hydrogens (primary N) is 1. The lowest BCUT2D eigenvalue weighted by molar-refractivity contribution is 0.158. The first-order valence-electron chi connectivity index (χ1n) is 4.77.